The monoisotopic (exact) mass is 313 g/mol. The van der Waals surface area contributed by atoms with Crippen LogP contribution in [0.1, 0.15) is 30.9 Å². The summed E-state index contributed by atoms with van der Waals surface area (Å²) in [6.45, 7) is 2.95. The molecule has 2 rings (SSSR count). The van der Waals surface area contributed by atoms with Crippen molar-refractivity contribution in [1.82, 2.24) is 0 Å². The SMILES string of the molecule is C=[S-](=C)c1ccc(CCCOc2ccc(CCC)cc2)cc1. The molecule has 0 aliphatic heterocycles. The van der Waals surface area contributed by atoms with E-state index in [1.165, 1.54) is 22.4 Å². The Labute approximate surface area is 136 Å². The molecule has 0 aromatic heterocycles. The molecule has 22 heavy (non-hydrogen) atoms. The van der Waals surface area contributed by atoms with Gasteiger partial charge in [0.15, 0.2) is 0 Å². The van der Waals surface area contributed by atoms with Gasteiger partial charge in [0.2, 0.25) is 0 Å². The maximum Gasteiger partial charge on any atom is 0.119 e. The van der Waals surface area contributed by atoms with Crippen LogP contribution in [0.25, 0.3) is 0 Å². The van der Waals surface area contributed by atoms with Crippen LogP contribution in [0.2, 0.25) is 0 Å². The summed E-state index contributed by atoms with van der Waals surface area (Å²) >= 11 is 0. The Bertz CT molecular complexity index is 628. The molecular formula is C20H25OS-. The molecule has 0 aliphatic carbocycles. The summed E-state index contributed by atoms with van der Waals surface area (Å²) in [5.41, 5.74) is 2.72. The molecule has 0 unspecified atom stereocenters. The van der Waals surface area contributed by atoms with Crippen LogP contribution < -0.4 is 4.74 Å². The van der Waals surface area contributed by atoms with Gasteiger partial charge in [0, 0.05) is 0 Å². The van der Waals surface area contributed by atoms with Gasteiger partial charge in [-0.3, -0.25) is 0 Å². The lowest BCUT2D eigenvalue weighted by atomic mass is 10.1. The minimum absolute atomic E-state index is 0.148. The number of aryl methyl sites for hydroxylation is 2. The van der Waals surface area contributed by atoms with Gasteiger partial charge >= 0.3 is 0 Å². The van der Waals surface area contributed by atoms with Crippen LogP contribution in [0.15, 0.2) is 53.4 Å². The summed E-state index contributed by atoms with van der Waals surface area (Å²) in [4.78, 5) is 1.21. The summed E-state index contributed by atoms with van der Waals surface area (Å²) in [5.74, 6) is 8.89. The Morgan fingerprint density at radius 1 is 0.864 bits per heavy atom. The van der Waals surface area contributed by atoms with E-state index >= 15 is 0 Å². The van der Waals surface area contributed by atoms with Crippen molar-refractivity contribution in [2.24, 2.45) is 0 Å². The summed E-state index contributed by atoms with van der Waals surface area (Å²) in [6, 6.07) is 17.1. The normalized spacial score (nSPS) is 10.8. The first-order valence-corrected chi connectivity index (χ1v) is 9.39. The molecule has 0 amide bonds. The van der Waals surface area contributed by atoms with Crippen molar-refractivity contribution < 1.29 is 4.74 Å². The second-order valence-corrected chi connectivity index (χ2v) is 6.94. The van der Waals surface area contributed by atoms with Crippen LogP contribution in [0, 0.1) is 0 Å². The predicted octanol–water partition coefficient (Wildman–Crippen LogP) is 4.49. The average molecular weight is 313 g/mol. The standard InChI is InChI=1S/C20H25OS/c1-4-6-17-8-12-19(13-9-17)21-16-5-7-18-10-14-20(15-11-18)22(2)3/h8-15H,2-7,16H2,1H3/q-1. The minimum atomic E-state index is -0.148. The zero-order valence-corrected chi connectivity index (χ0v) is 14.2. The molecule has 0 bridgehead atoms. The Morgan fingerprint density at radius 3 is 2.05 bits per heavy atom. The van der Waals surface area contributed by atoms with Crippen LogP contribution >= 0.6 is 0 Å². The first kappa shape index (κ1) is 16.7. The lowest BCUT2D eigenvalue weighted by molar-refractivity contribution is 0.311. The highest BCUT2D eigenvalue weighted by Crippen LogP contribution is 2.14. The van der Waals surface area contributed by atoms with E-state index in [0.29, 0.717) is 0 Å². The van der Waals surface area contributed by atoms with E-state index in [2.05, 4.69) is 67.2 Å². The van der Waals surface area contributed by atoms with Crippen molar-refractivity contribution in [2.45, 2.75) is 37.5 Å². The quantitative estimate of drug-likeness (QED) is 0.396. The lowest BCUT2D eigenvalue weighted by Gasteiger charge is -2.10. The molecule has 0 heterocycles. The average Bonchev–Trinajstić information content (AvgIpc) is 2.54. The van der Waals surface area contributed by atoms with Crippen molar-refractivity contribution in [3.8, 4) is 5.75 Å². The van der Waals surface area contributed by atoms with Crippen LogP contribution in [0.4, 0.5) is 0 Å². The van der Waals surface area contributed by atoms with Gasteiger partial charge in [-0.2, -0.15) is 0 Å². The van der Waals surface area contributed by atoms with Gasteiger partial charge in [0.05, 0.1) is 6.61 Å². The first-order valence-electron chi connectivity index (χ1n) is 7.83. The Balaban J connectivity index is 1.74. The van der Waals surface area contributed by atoms with E-state index in [9.17, 15) is 0 Å². The largest absolute Gasteiger partial charge is 0.494 e. The van der Waals surface area contributed by atoms with Crippen LogP contribution in [-0.4, -0.2) is 18.3 Å². The van der Waals surface area contributed by atoms with Crippen LogP contribution in [-0.2, 0) is 22.9 Å². The second kappa shape index (κ2) is 8.70. The molecule has 2 aromatic rings. The van der Waals surface area contributed by atoms with E-state index in [1.54, 1.807) is 0 Å². The minimum Gasteiger partial charge on any atom is -0.494 e. The summed E-state index contributed by atoms with van der Waals surface area (Å²) in [5, 5.41) is 0. The molecule has 0 N–H and O–H groups in total. The Kier molecular flexibility index (Phi) is 6.60. The van der Waals surface area contributed by atoms with Crippen molar-refractivity contribution in [2.75, 3.05) is 6.61 Å². The summed E-state index contributed by atoms with van der Waals surface area (Å²) in [7, 11) is -0.148. The highest BCUT2D eigenvalue weighted by molar-refractivity contribution is 7.91. The van der Waals surface area contributed by atoms with Crippen molar-refractivity contribution >= 4 is 21.8 Å². The van der Waals surface area contributed by atoms with Gasteiger partial charge in [-0.25, -0.2) is 11.7 Å². The van der Waals surface area contributed by atoms with E-state index in [4.69, 9.17) is 4.74 Å². The zero-order valence-electron chi connectivity index (χ0n) is 13.4. The molecule has 1 nitrogen and oxygen atoms in total. The fourth-order valence-corrected chi connectivity index (χ4v) is 2.88. The molecule has 2 heteroatoms. The third-order valence-corrected chi connectivity index (χ3v) is 4.54. The number of ether oxygens (including phenoxy) is 1. The molecule has 0 radical (unpaired) electrons. The number of benzene rings is 2. The number of hydrogen-bond acceptors (Lipinski definition) is 2. The fourth-order valence-electron chi connectivity index (χ4n) is 2.36. The van der Waals surface area contributed by atoms with Crippen LogP contribution in [0.3, 0.4) is 0 Å². The molecule has 0 spiro atoms. The van der Waals surface area contributed by atoms with E-state index in [1.807, 2.05) is 0 Å². The highest BCUT2D eigenvalue weighted by atomic mass is 32.2. The molecule has 0 fully saturated rings. The summed E-state index contributed by atoms with van der Waals surface area (Å²) < 4.78 is 5.80. The smallest absolute Gasteiger partial charge is 0.119 e. The van der Waals surface area contributed by atoms with Gasteiger partial charge in [-0.15, -0.1) is 4.90 Å². The molecule has 0 saturated carbocycles. The maximum atomic E-state index is 5.80. The number of rotatable bonds is 8. The molecule has 0 aliphatic rings. The Morgan fingerprint density at radius 2 is 1.45 bits per heavy atom. The number of hydrogen-bond donors (Lipinski definition) is 0. The second-order valence-electron chi connectivity index (χ2n) is 5.48. The van der Waals surface area contributed by atoms with Gasteiger partial charge in [0.25, 0.3) is 0 Å². The molecule has 2 aromatic carbocycles. The highest BCUT2D eigenvalue weighted by Gasteiger charge is 1.97. The van der Waals surface area contributed by atoms with Crippen molar-refractivity contribution in [3.63, 3.8) is 0 Å². The lowest BCUT2D eigenvalue weighted by Crippen LogP contribution is -1.99. The van der Waals surface area contributed by atoms with Crippen molar-refractivity contribution in [3.05, 3.63) is 59.7 Å². The first-order chi connectivity index (χ1) is 10.7. The third kappa shape index (κ3) is 5.27. The van der Waals surface area contributed by atoms with Crippen LogP contribution in [0.5, 0.6) is 5.75 Å². The zero-order chi connectivity index (χ0) is 15.8. The maximum absolute atomic E-state index is 5.80. The van der Waals surface area contributed by atoms with Gasteiger partial charge in [0.1, 0.15) is 5.75 Å². The van der Waals surface area contributed by atoms with E-state index in [0.717, 1.165) is 31.6 Å². The third-order valence-electron chi connectivity index (χ3n) is 3.60. The molecule has 0 saturated heterocycles. The Hall–Kier alpha value is -1.67. The van der Waals surface area contributed by atoms with Gasteiger partial charge in [-0.05, 0) is 42.5 Å². The van der Waals surface area contributed by atoms with Gasteiger partial charge < -0.3 is 14.8 Å². The van der Waals surface area contributed by atoms with Gasteiger partial charge in [-0.1, -0.05) is 49.7 Å². The topological polar surface area (TPSA) is 9.23 Å². The fraction of sp³-hybridized carbons (Fsp3) is 0.300. The van der Waals surface area contributed by atoms with Crippen molar-refractivity contribution in [1.29, 1.82) is 0 Å². The summed E-state index contributed by atoms with van der Waals surface area (Å²) in [6.07, 6.45) is 4.38. The molecule has 0 atom stereocenters. The molecular weight excluding hydrogens is 288 g/mol. The molecule has 118 valence electrons. The van der Waals surface area contributed by atoms with E-state index in [-0.39, 0.29) is 10.1 Å². The van der Waals surface area contributed by atoms with E-state index < -0.39 is 0 Å². The predicted molar refractivity (Wildman–Crippen MR) is 101 cm³/mol.